The van der Waals surface area contributed by atoms with Gasteiger partial charge in [0.1, 0.15) is 5.60 Å². The average Bonchev–Trinajstić information content (AvgIpc) is 2.52. The van der Waals surface area contributed by atoms with E-state index in [0.29, 0.717) is 19.5 Å². The van der Waals surface area contributed by atoms with Gasteiger partial charge in [-0.3, -0.25) is 4.79 Å². The van der Waals surface area contributed by atoms with Gasteiger partial charge >= 0.3 is 5.97 Å². The van der Waals surface area contributed by atoms with Gasteiger partial charge in [0.2, 0.25) is 0 Å². The lowest BCUT2D eigenvalue weighted by atomic mass is 9.87. The predicted octanol–water partition coefficient (Wildman–Crippen LogP) is 2.29. The first kappa shape index (κ1) is 17.5. The van der Waals surface area contributed by atoms with E-state index in [0.717, 1.165) is 18.5 Å². The Morgan fingerprint density at radius 1 is 1.30 bits per heavy atom. The van der Waals surface area contributed by atoms with Crippen LogP contribution in [0.15, 0.2) is 30.3 Å². The van der Waals surface area contributed by atoms with Crippen molar-refractivity contribution in [3.63, 3.8) is 0 Å². The molecule has 5 heteroatoms. The lowest BCUT2D eigenvalue weighted by Gasteiger charge is -2.40. The molecule has 1 aliphatic rings. The van der Waals surface area contributed by atoms with Crippen LogP contribution < -0.4 is 10.6 Å². The van der Waals surface area contributed by atoms with Crippen LogP contribution in [0.1, 0.15) is 39.5 Å². The number of benzene rings is 1. The molecule has 0 spiro atoms. The van der Waals surface area contributed by atoms with E-state index in [1.54, 1.807) is 0 Å². The summed E-state index contributed by atoms with van der Waals surface area (Å²) >= 11 is 0. The lowest BCUT2D eigenvalue weighted by Crippen LogP contribution is -2.56. The van der Waals surface area contributed by atoms with Crippen molar-refractivity contribution in [3.8, 4) is 0 Å². The van der Waals surface area contributed by atoms with E-state index in [9.17, 15) is 9.59 Å². The smallest absolute Gasteiger partial charge is 0.337 e. The SMILES string of the molecule is CCCN(c1ccccc1)C1C(=O)CC(C)(CCCN)OC1=O. The Morgan fingerprint density at radius 3 is 2.57 bits per heavy atom. The van der Waals surface area contributed by atoms with Gasteiger partial charge in [-0.25, -0.2) is 4.79 Å². The van der Waals surface area contributed by atoms with Crippen LogP contribution in [-0.2, 0) is 14.3 Å². The van der Waals surface area contributed by atoms with Crippen molar-refractivity contribution in [2.24, 2.45) is 5.73 Å². The van der Waals surface area contributed by atoms with Crippen molar-refractivity contribution in [3.05, 3.63) is 30.3 Å². The van der Waals surface area contributed by atoms with Crippen LogP contribution in [0.3, 0.4) is 0 Å². The zero-order chi connectivity index (χ0) is 16.9. The summed E-state index contributed by atoms with van der Waals surface area (Å²) in [6.45, 7) is 5.01. The molecule has 1 aliphatic heterocycles. The van der Waals surface area contributed by atoms with Crippen LogP contribution in [0.5, 0.6) is 0 Å². The number of hydrogen-bond acceptors (Lipinski definition) is 5. The van der Waals surface area contributed by atoms with Crippen LogP contribution >= 0.6 is 0 Å². The second-order valence-corrected chi connectivity index (χ2v) is 6.34. The van der Waals surface area contributed by atoms with Crippen molar-refractivity contribution in [2.75, 3.05) is 18.0 Å². The summed E-state index contributed by atoms with van der Waals surface area (Å²) in [5, 5.41) is 0. The van der Waals surface area contributed by atoms with Crippen LogP contribution in [0.4, 0.5) is 5.69 Å². The van der Waals surface area contributed by atoms with Crippen LogP contribution in [0.2, 0.25) is 0 Å². The van der Waals surface area contributed by atoms with Gasteiger partial charge < -0.3 is 15.4 Å². The summed E-state index contributed by atoms with van der Waals surface area (Å²) in [4.78, 5) is 27.1. The van der Waals surface area contributed by atoms with Crippen molar-refractivity contribution in [2.45, 2.75) is 51.2 Å². The van der Waals surface area contributed by atoms with E-state index >= 15 is 0 Å². The summed E-state index contributed by atoms with van der Waals surface area (Å²) in [7, 11) is 0. The fourth-order valence-electron chi connectivity index (χ4n) is 3.12. The molecule has 126 valence electrons. The molecule has 1 aromatic carbocycles. The molecule has 23 heavy (non-hydrogen) atoms. The molecule has 0 saturated carbocycles. The minimum Gasteiger partial charge on any atom is -0.457 e. The van der Waals surface area contributed by atoms with E-state index in [-0.39, 0.29) is 12.2 Å². The Kier molecular flexibility index (Phi) is 5.77. The molecule has 0 aromatic heterocycles. The second kappa shape index (κ2) is 7.59. The van der Waals surface area contributed by atoms with Crippen molar-refractivity contribution in [1.82, 2.24) is 0 Å². The highest BCUT2D eigenvalue weighted by molar-refractivity contribution is 6.08. The van der Waals surface area contributed by atoms with Crippen LogP contribution in [0.25, 0.3) is 0 Å². The molecule has 1 heterocycles. The minimum atomic E-state index is -0.844. The fraction of sp³-hybridized carbons (Fsp3) is 0.556. The van der Waals surface area contributed by atoms with Gasteiger partial charge in [-0.2, -0.15) is 0 Å². The quantitative estimate of drug-likeness (QED) is 0.617. The number of nitrogens with zero attached hydrogens (tertiary/aromatic N) is 1. The number of hydrogen-bond donors (Lipinski definition) is 1. The Labute approximate surface area is 137 Å². The van der Waals surface area contributed by atoms with Crippen LogP contribution in [-0.4, -0.2) is 36.5 Å². The standard InChI is InChI=1S/C18H26N2O3/c1-3-12-20(14-8-5-4-6-9-14)16-15(21)13-18(2,10-7-11-19)23-17(16)22/h4-6,8-9,16H,3,7,10-13,19H2,1-2H3. The van der Waals surface area contributed by atoms with E-state index in [2.05, 4.69) is 0 Å². The molecule has 2 rings (SSSR count). The number of carbonyl (C=O) groups is 2. The molecule has 5 nitrogen and oxygen atoms in total. The Bertz CT molecular complexity index is 526. The number of para-hydroxylation sites is 1. The number of Topliss-reactive ketones (excluding diaryl/α,β-unsaturated/α-hetero) is 1. The lowest BCUT2D eigenvalue weighted by molar-refractivity contribution is -0.171. The highest BCUT2D eigenvalue weighted by Gasteiger charge is 2.46. The topological polar surface area (TPSA) is 72.6 Å². The molecule has 0 amide bonds. The molecule has 0 bridgehead atoms. The van der Waals surface area contributed by atoms with Gasteiger partial charge in [0.05, 0.1) is 0 Å². The zero-order valence-corrected chi connectivity index (χ0v) is 14.0. The van der Waals surface area contributed by atoms with Crippen molar-refractivity contribution in [1.29, 1.82) is 0 Å². The molecular weight excluding hydrogens is 292 g/mol. The summed E-state index contributed by atoms with van der Waals surface area (Å²) in [6.07, 6.45) is 2.44. The van der Waals surface area contributed by atoms with E-state index < -0.39 is 17.6 Å². The average molecular weight is 318 g/mol. The summed E-state index contributed by atoms with van der Waals surface area (Å²) in [6, 6.07) is 8.71. The van der Waals surface area contributed by atoms with Crippen LogP contribution in [0, 0.1) is 0 Å². The van der Waals surface area contributed by atoms with Gasteiger partial charge in [-0.15, -0.1) is 0 Å². The molecule has 2 N–H and O–H groups in total. The zero-order valence-electron chi connectivity index (χ0n) is 14.0. The number of nitrogens with two attached hydrogens (primary N) is 1. The normalized spacial score (nSPS) is 24.4. The number of rotatable bonds is 7. The molecule has 1 saturated heterocycles. The monoisotopic (exact) mass is 318 g/mol. The maximum Gasteiger partial charge on any atom is 0.337 e. The van der Waals surface area contributed by atoms with Gasteiger partial charge in [0.25, 0.3) is 0 Å². The first-order chi connectivity index (χ1) is 11.0. The summed E-state index contributed by atoms with van der Waals surface area (Å²) in [5.74, 6) is -0.517. The number of ether oxygens (including phenoxy) is 1. The molecule has 0 radical (unpaired) electrons. The first-order valence-electron chi connectivity index (χ1n) is 8.28. The van der Waals surface area contributed by atoms with E-state index in [1.165, 1.54) is 0 Å². The predicted molar refractivity (Wildman–Crippen MR) is 90.3 cm³/mol. The van der Waals surface area contributed by atoms with E-state index in [1.807, 2.05) is 49.1 Å². The molecule has 1 aromatic rings. The summed E-state index contributed by atoms with van der Waals surface area (Å²) in [5.41, 5.74) is 5.68. The van der Waals surface area contributed by atoms with Crippen molar-refractivity contribution >= 4 is 17.4 Å². The fourth-order valence-corrected chi connectivity index (χ4v) is 3.12. The Morgan fingerprint density at radius 2 is 2.00 bits per heavy atom. The number of carbonyl (C=O) groups excluding carboxylic acids is 2. The van der Waals surface area contributed by atoms with Gasteiger partial charge in [-0.05, 0) is 44.9 Å². The molecule has 2 unspecified atom stereocenters. The first-order valence-corrected chi connectivity index (χ1v) is 8.28. The van der Waals surface area contributed by atoms with Gasteiger partial charge in [0.15, 0.2) is 11.8 Å². The molecule has 2 atom stereocenters. The summed E-state index contributed by atoms with van der Waals surface area (Å²) < 4.78 is 5.65. The number of anilines is 1. The second-order valence-electron chi connectivity index (χ2n) is 6.34. The molecular formula is C18H26N2O3. The highest BCUT2D eigenvalue weighted by Crippen LogP contribution is 2.31. The van der Waals surface area contributed by atoms with E-state index in [4.69, 9.17) is 10.5 Å². The number of cyclic esters (lactones) is 1. The largest absolute Gasteiger partial charge is 0.457 e. The minimum absolute atomic E-state index is 0.0712. The van der Waals surface area contributed by atoms with Crippen molar-refractivity contribution < 1.29 is 14.3 Å². The number of esters is 1. The highest BCUT2D eigenvalue weighted by atomic mass is 16.6. The van der Waals surface area contributed by atoms with Gasteiger partial charge in [-0.1, -0.05) is 25.1 Å². The molecule has 1 fully saturated rings. The number of ketones is 1. The third kappa shape index (κ3) is 4.10. The van der Waals surface area contributed by atoms with Gasteiger partial charge in [0, 0.05) is 18.7 Å². The Balaban J connectivity index is 2.21. The maximum atomic E-state index is 12.7. The third-order valence-electron chi connectivity index (χ3n) is 4.20. The maximum absolute atomic E-state index is 12.7. The third-order valence-corrected chi connectivity index (χ3v) is 4.20. The molecule has 0 aliphatic carbocycles. The Hall–Kier alpha value is -1.88.